The molecule has 1 aliphatic heterocycles. The Labute approximate surface area is 123 Å². The minimum atomic E-state index is -0.263. The summed E-state index contributed by atoms with van der Waals surface area (Å²) < 4.78 is 1.74. The van der Waals surface area contributed by atoms with Crippen molar-refractivity contribution in [1.82, 2.24) is 14.5 Å². The Bertz CT molecular complexity index is 695. The van der Waals surface area contributed by atoms with E-state index < -0.39 is 0 Å². The first-order valence-corrected chi connectivity index (χ1v) is 7.58. The number of piperidine rings is 1. The van der Waals surface area contributed by atoms with Gasteiger partial charge in [0.2, 0.25) is 0 Å². The normalized spacial score (nSPS) is 20.0. The lowest BCUT2D eigenvalue weighted by atomic mass is 10.1. The number of aromatic nitrogens is 2. The van der Waals surface area contributed by atoms with E-state index in [1.54, 1.807) is 4.57 Å². The molecule has 0 radical (unpaired) electrons. The van der Waals surface area contributed by atoms with E-state index in [-0.39, 0.29) is 11.7 Å². The molecule has 112 valence electrons. The molecule has 0 aliphatic carbocycles. The van der Waals surface area contributed by atoms with Crippen LogP contribution in [0.25, 0.3) is 10.9 Å². The lowest BCUT2D eigenvalue weighted by molar-refractivity contribution is 0.0647. The van der Waals surface area contributed by atoms with E-state index in [4.69, 9.17) is 0 Å². The Morgan fingerprint density at radius 2 is 2.19 bits per heavy atom. The molecule has 2 aromatic rings. The predicted octanol–water partition coefficient (Wildman–Crippen LogP) is 1.37. The highest BCUT2D eigenvalue weighted by atomic mass is 16.3. The van der Waals surface area contributed by atoms with Crippen LogP contribution in [0.2, 0.25) is 0 Å². The van der Waals surface area contributed by atoms with Crippen LogP contribution in [-0.4, -0.2) is 38.8 Å². The van der Waals surface area contributed by atoms with Crippen LogP contribution >= 0.6 is 0 Å². The Morgan fingerprint density at radius 3 is 2.95 bits per heavy atom. The van der Waals surface area contributed by atoms with Crippen molar-refractivity contribution in [2.45, 2.75) is 39.0 Å². The summed E-state index contributed by atoms with van der Waals surface area (Å²) in [6.45, 7) is 4.80. The second-order valence-corrected chi connectivity index (χ2v) is 5.63. The van der Waals surface area contributed by atoms with Gasteiger partial charge in [0.25, 0.3) is 5.56 Å². The fourth-order valence-electron chi connectivity index (χ4n) is 3.04. The molecule has 21 heavy (non-hydrogen) atoms. The number of hydrogen-bond acceptors (Lipinski definition) is 4. The fourth-order valence-corrected chi connectivity index (χ4v) is 3.04. The van der Waals surface area contributed by atoms with E-state index in [1.165, 1.54) is 0 Å². The summed E-state index contributed by atoms with van der Waals surface area (Å²) in [6, 6.07) is 7.47. The van der Waals surface area contributed by atoms with Gasteiger partial charge >= 0.3 is 0 Å². The maximum atomic E-state index is 12.5. The van der Waals surface area contributed by atoms with E-state index >= 15 is 0 Å². The third kappa shape index (κ3) is 2.84. The first kappa shape index (κ1) is 14.2. The van der Waals surface area contributed by atoms with Gasteiger partial charge in [-0.15, -0.1) is 0 Å². The molecule has 1 atom stereocenters. The number of rotatable bonds is 3. The molecule has 0 spiro atoms. The molecule has 1 unspecified atom stereocenters. The topological polar surface area (TPSA) is 58.4 Å². The molecule has 5 nitrogen and oxygen atoms in total. The van der Waals surface area contributed by atoms with Crippen molar-refractivity contribution in [2.75, 3.05) is 13.1 Å². The first-order valence-electron chi connectivity index (χ1n) is 7.58. The highest BCUT2D eigenvalue weighted by molar-refractivity contribution is 5.77. The largest absolute Gasteiger partial charge is 0.392 e. The van der Waals surface area contributed by atoms with Crippen molar-refractivity contribution in [3.05, 3.63) is 40.4 Å². The van der Waals surface area contributed by atoms with E-state index in [0.29, 0.717) is 25.0 Å². The fraction of sp³-hybridized carbons (Fsp3) is 0.500. The number of hydrogen-bond donors (Lipinski definition) is 1. The quantitative estimate of drug-likeness (QED) is 0.926. The van der Waals surface area contributed by atoms with Crippen LogP contribution in [0.5, 0.6) is 0 Å². The van der Waals surface area contributed by atoms with Crippen LogP contribution in [0.15, 0.2) is 29.1 Å². The van der Waals surface area contributed by atoms with Gasteiger partial charge in [0, 0.05) is 13.1 Å². The highest BCUT2D eigenvalue weighted by Crippen LogP contribution is 2.14. The molecule has 1 aromatic carbocycles. The SMILES string of the molecule is CCn1c(CN2CCCC(O)C2)nc2ccccc2c1=O. The summed E-state index contributed by atoms with van der Waals surface area (Å²) in [5.74, 6) is 0.787. The van der Waals surface area contributed by atoms with Crippen molar-refractivity contribution in [1.29, 1.82) is 0 Å². The van der Waals surface area contributed by atoms with Crippen molar-refractivity contribution < 1.29 is 5.11 Å². The van der Waals surface area contributed by atoms with Gasteiger partial charge in [-0.2, -0.15) is 0 Å². The summed E-state index contributed by atoms with van der Waals surface area (Å²) in [7, 11) is 0. The molecule has 0 amide bonds. The van der Waals surface area contributed by atoms with Gasteiger partial charge in [-0.25, -0.2) is 4.98 Å². The van der Waals surface area contributed by atoms with Crippen LogP contribution < -0.4 is 5.56 Å². The van der Waals surface area contributed by atoms with E-state index in [1.807, 2.05) is 31.2 Å². The van der Waals surface area contributed by atoms with Crippen LogP contribution in [-0.2, 0) is 13.1 Å². The standard InChI is InChI=1S/C16H21N3O2/c1-2-19-15(11-18-9-5-6-12(20)10-18)17-14-8-4-3-7-13(14)16(19)21/h3-4,7-8,12,20H,2,5-6,9-11H2,1H3. The molecule has 1 N–H and O–H groups in total. The average molecular weight is 287 g/mol. The van der Waals surface area contributed by atoms with Gasteiger partial charge in [0.1, 0.15) is 5.82 Å². The van der Waals surface area contributed by atoms with Gasteiger partial charge < -0.3 is 5.11 Å². The Kier molecular flexibility index (Phi) is 4.03. The number of aliphatic hydroxyl groups is 1. The summed E-state index contributed by atoms with van der Waals surface area (Å²) in [5.41, 5.74) is 0.774. The number of β-amino-alcohol motifs (C(OH)–C–C–N with tert-alkyl or cyclic N) is 1. The Balaban J connectivity index is 1.99. The van der Waals surface area contributed by atoms with Gasteiger partial charge in [-0.1, -0.05) is 12.1 Å². The summed E-state index contributed by atoms with van der Waals surface area (Å²) in [6.07, 6.45) is 1.59. The first-order chi connectivity index (χ1) is 10.2. The molecule has 2 heterocycles. The number of likely N-dealkylation sites (tertiary alicyclic amines) is 1. The van der Waals surface area contributed by atoms with Gasteiger partial charge in [-0.3, -0.25) is 14.3 Å². The van der Waals surface area contributed by atoms with Crippen LogP contribution in [0.1, 0.15) is 25.6 Å². The minimum absolute atomic E-state index is 0.0238. The van der Waals surface area contributed by atoms with E-state index in [2.05, 4.69) is 9.88 Å². The van der Waals surface area contributed by atoms with Crippen LogP contribution in [0.3, 0.4) is 0 Å². The maximum Gasteiger partial charge on any atom is 0.261 e. The smallest absolute Gasteiger partial charge is 0.261 e. The minimum Gasteiger partial charge on any atom is -0.392 e. The second-order valence-electron chi connectivity index (χ2n) is 5.63. The lowest BCUT2D eigenvalue weighted by Crippen LogP contribution is -2.39. The van der Waals surface area contributed by atoms with Gasteiger partial charge in [0.15, 0.2) is 0 Å². The summed E-state index contributed by atoms with van der Waals surface area (Å²) in [5, 5.41) is 10.4. The number of fused-ring (bicyclic) bond motifs is 1. The summed E-state index contributed by atoms with van der Waals surface area (Å²) in [4.78, 5) is 19.4. The number of para-hydroxylation sites is 1. The van der Waals surface area contributed by atoms with E-state index in [9.17, 15) is 9.90 Å². The van der Waals surface area contributed by atoms with Crippen molar-refractivity contribution in [3.8, 4) is 0 Å². The number of benzene rings is 1. The zero-order chi connectivity index (χ0) is 14.8. The molecule has 1 fully saturated rings. The highest BCUT2D eigenvalue weighted by Gasteiger charge is 2.20. The third-order valence-electron chi connectivity index (χ3n) is 4.10. The maximum absolute atomic E-state index is 12.5. The molecule has 1 aromatic heterocycles. The zero-order valence-electron chi connectivity index (χ0n) is 12.3. The monoisotopic (exact) mass is 287 g/mol. The van der Waals surface area contributed by atoms with Crippen molar-refractivity contribution in [2.24, 2.45) is 0 Å². The zero-order valence-corrected chi connectivity index (χ0v) is 12.3. The third-order valence-corrected chi connectivity index (χ3v) is 4.10. The summed E-state index contributed by atoms with van der Waals surface area (Å²) >= 11 is 0. The van der Waals surface area contributed by atoms with Gasteiger partial charge in [0.05, 0.1) is 23.6 Å². The van der Waals surface area contributed by atoms with Gasteiger partial charge in [-0.05, 0) is 38.4 Å². The Hall–Kier alpha value is -1.72. The molecule has 5 heteroatoms. The molecule has 0 bridgehead atoms. The van der Waals surface area contributed by atoms with Crippen molar-refractivity contribution >= 4 is 10.9 Å². The molecular formula is C16H21N3O2. The number of nitrogens with zero attached hydrogens (tertiary/aromatic N) is 3. The lowest BCUT2D eigenvalue weighted by Gasteiger charge is -2.30. The second kappa shape index (κ2) is 5.95. The van der Waals surface area contributed by atoms with Crippen LogP contribution in [0, 0.1) is 0 Å². The average Bonchev–Trinajstić information content (AvgIpc) is 2.48. The molecule has 0 saturated carbocycles. The van der Waals surface area contributed by atoms with E-state index in [0.717, 1.165) is 30.7 Å². The number of aliphatic hydroxyl groups excluding tert-OH is 1. The predicted molar refractivity (Wildman–Crippen MR) is 82.2 cm³/mol. The Morgan fingerprint density at radius 1 is 1.38 bits per heavy atom. The molecule has 1 saturated heterocycles. The molecule has 1 aliphatic rings. The molecular weight excluding hydrogens is 266 g/mol. The van der Waals surface area contributed by atoms with Crippen molar-refractivity contribution in [3.63, 3.8) is 0 Å². The molecule has 3 rings (SSSR count). The van der Waals surface area contributed by atoms with Crippen LogP contribution in [0.4, 0.5) is 0 Å².